The topological polar surface area (TPSA) is 187 Å². The summed E-state index contributed by atoms with van der Waals surface area (Å²) in [6.45, 7) is 16.9. The minimum Gasteiger partial charge on any atom is -0.383 e. The monoisotopic (exact) mass is 872 g/mol. The summed E-state index contributed by atoms with van der Waals surface area (Å²) < 4.78 is 35.2. The van der Waals surface area contributed by atoms with Crippen molar-refractivity contribution in [3.63, 3.8) is 0 Å². The quantitative estimate of drug-likeness (QED) is 0.179. The molecular formula is C45H73N7O8S. The van der Waals surface area contributed by atoms with Crippen molar-refractivity contribution in [2.75, 3.05) is 46.4 Å². The average molecular weight is 872 g/mol. The van der Waals surface area contributed by atoms with Gasteiger partial charge in [0.25, 0.3) is 5.91 Å². The van der Waals surface area contributed by atoms with E-state index in [1.54, 1.807) is 18.1 Å². The van der Waals surface area contributed by atoms with Gasteiger partial charge in [0.2, 0.25) is 23.6 Å². The third-order valence-electron chi connectivity index (χ3n) is 16.7. The summed E-state index contributed by atoms with van der Waals surface area (Å²) in [5.74, 6) is -2.86. The highest BCUT2D eigenvalue weighted by Crippen LogP contribution is 2.88. The van der Waals surface area contributed by atoms with Gasteiger partial charge in [0.05, 0.1) is 12.6 Å². The van der Waals surface area contributed by atoms with Crippen LogP contribution in [-0.4, -0.2) is 128 Å². The van der Waals surface area contributed by atoms with Crippen LogP contribution < -0.4 is 20.7 Å². The molecule has 5 amide bonds. The Balaban J connectivity index is 1.14. The van der Waals surface area contributed by atoms with Crippen LogP contribution in [0.3, 0.4) is 0 Å². The molecule has 2 spiro atoms. The van der Waals surface area contributed by atoms with Crippen molar-refractivity contribution in [3.8, 4) is 0 Å². The average Bonchev–Trinajstić information content (AvgIpc) is 3.66. The van der Waals surface area contributed by atoms with Gasteiger partial charge in [-0.25, -0.2) is 4.72 Å². The Morgan fingerprint density at radius 2 is 1.49 bits per heavy atom. The van der Waals surface area contributed by atoms with Gasteiger partial charge >= 0.3 is 10.2 Å². The number of ether oxygens (including phenoxy) is 1. The van der Waals surface area contributed by atoms with Gasteiger partial charge in [0.1, 0.15) is 23.7 Å². The fourth-order valence-corrected chi connectivity index (χ4v) is 13.8. The predicted octanol–water partition coefficient (Wildman–Crippen LogP) is 3.40. The number of amides is 5. The molecule has 3 aliphatic heterocycles. The van der Waals surface area contributed by atoms with Crippen LogP contribution in [0, 0.1) is 33.5 Å². The van der Waals surface area contributed by atoms with Crippen LogP contribution in [0.4, 0.5) is 0 Å². The number of rotatable bonds is 15. The number of likely N-dealkylation sites (tertiary alicyclic amines) is 2. The Morgan fingerprint density at radius 1 is 0.836 bits per heavy atom. The minimum absolute atomic E-state index is 0.0250. The molecule has 4 aliphatic carbocycles. The first-order valence-corrected chi connectivity index (χ1v) is 24.6. The molecule has 16 heteroatoms. The van der Waals surface area contributed by atoms with E-state index < -0.39 is 62.9 Å². The first-order valence-electron chi connectivity index (χ1n) is 23.2. The number of methoxy groups -OCH3 is 1. The zero-order chi connectivity index (χ0) is 44.2. The summed E-state index contributed by atoms with van der Waals surface area (Å²) in [7, 11) is -2.47. The smallest absolute Gasteiger partial charge is 0.303 e. The first kappa shape index (κ1) is 45.9. The molecule has 0 aromatic carbocycles. The van der Waals surface area contributed by atoms with Crippen molar-refractivity contribution in [3.05, 3.63) is 12.7 Å². The Labute approximate surface area is 363 Å². The summed E-state index contributed by atoms with van der Waals surface area (Å²) in [5.41, 5.74) is -2.83. The lowest BCUT2D eigenvalue weighted by atomic mass is 9.73. The van der Waals surface area contributed by atoms with Crippen LogP contribution in [0.5, 0.6) is 0 Å². The van der Waals surface area contributed by atoms with Crippen molar-refractivity contribution >= 4 is 39.7 Å². The summed E-state index contributed by atoms with van der Waals surface area (Å²) in [5, 5.41) is 9.30. The third kappa shape index (κ3) is 8.17. The molecule has 15 nitrogen and oxygen atoms in total. The second-order valence-electron chi connectivity index (χ2n) is 21.1. The van der Waals surface area contributed by atoms with Crippen LogP contribution in [0.25, 0.3) is 0 Å². The van der Waals surface area contributed by atoms with E-state index >= 15 is 4.79 Å². The molecule has 3 saturated heterocycles. The molecule has 0 aromatic heterocycles. The normalized spacial score (nSPS) is 32.1. The first-order chi connectivity index (χ1) is 28.8. The summed E-state index contributed by atoms with van der Waals surface area (Å²) >= 11 is 0. The van der Waals surface area contributed by atoms with E-state index in [4.69, 9.17) is 4.74 Å². The van der Waals surface area contributed by atoms with E-state index in [2.05, 4.69) is 46.0 Å². The number of carbonyl (C=O) groups is 5. The highest BCUT2D eigenvalue weighted by Gasteiger charge is 2.85. The molecule has 0 unspecified atom stereocenters. The minimum atomic E-state index is -4.11. The van der Waals surface area contributed by atoms with E-state index in [1.807, 2.05) is 20.8 Å². The summed E-state index contributed by atoms with van der Waals surface area (Å²) in [4.78, 5) is 76.6. The maximum absolute atomic E-state index is 15.3. The number of hydrogen-bond donors (Lipinski definition) is 4. The zero-order valence-electron chi connectivity index (χ0n) is 37.6. The summed E-state index contributed by atoms with van der Waals surface area (Å²) in [6, 6.07) is -3.20. The second kappa shape index (κ2) is 17.1. The molecule has 7 aliphatic rings. The maximum Gasteiger partial charge on any atom is 0.303 e. The molecule has 4 saturated carbocycles. The van der Waals surface area contributed by atoms with Crippen LogP contribution in [0.15, 0.2) is 12.7 Å². The Morgan fingerprint density at radius 3 is 2.07 bits per heavy atom. The molecule has 0 radical (unpaired) electrons. The van der Waals surface area contributed by atoms with Gasteiger partial charge in [0.15, 0.2) is 0 Å². The fourth-order valence-electron chi connectivity index (χ4n) is 12.5. The van der Waals surface area contributed by atoms with E-state index in [0.29, 0.717) is 58.5 Å². The molecule has 61 heavy (non-hydrogen) atoms. The van der Waals surface area contributed by atoms with Crippen LogP contribution in [0.1, 0.15) is 131 Å². The SMILES string of the molecule is C=C[C@@H]1C[C@]1(NC(=O)[C@@H]1C[C@@]2(CN1C(=O)[C@@H](NC(=O)[C@@H](NC(=O)[C@@H]1CCCCN1CCOC)C1CCCCC1)C(C)(C)C)C(C)(C)C21CCC1)C(=O)NS(=O)(=O)N1CCCC1. The lowest BCUT2D eigenvalue weighted by Gasteiger charge is -2.39. The lowest BCUT2D eigenvalue weighted by molar-refractivity contribution is -0.145. The van der Waals surface area contributed by atoms with Gasteiger partial charge in [-0.3, -0.25) is 28.9 Å². The van der Waals surface area contributed by atoms with Crippen molar-refractivity contribution < 1.29 is 37.1 Å². The third-order valence-corrected chi connectivity index (χ3v) is 18.2. The molecule has 4 N–H and O–H groups in total. The maximum atomic E-state index is 15.3. The fraction of sp³-hybridized carbons (Fsp3) is 0.844. The molecule has 3 heterocycles. The van der Waals surface area contributed by atoms with Gasteiger partial charge < -0.3 is 25.6 Å². The largest absolute Gasteiger partial charge is 0.383 e. The Kier molecular flexibility index (Phi) is 12.9. The van der Waals surface area contributed by atoms with E-state index in [9.17, 15) is 27.6 Å². The van der Waals surface area contributed by atoms with Gasteiger partial charge in [-0.15, -0.1) is 6.58 Å². The van der Waals surface area contributed by atoms with Crippen molar-refractivity contribution in [1.29, 1.82) is 0 Å². The number of hydrogen-bond acceptors (Lipinski definition) is 9. The Hall–Kier alpha value is -3.08. The van der Waals surface area contributed by atoms with E-state index in [1.165, 1.54) is 4.31 Å². The van der Waals surface area contributed by atoms with Crippen molar-refractivity contribution in [2.45, 2.75) is 161 Å². The van der Waals surface area contributed by atoms with Crippen LogP contribution >= 0.6 is 0 Å². The second-order valence-corrected chi connectivity index (χ2v) is 22.8. The standard InChI is InChI=1S/C45H73N7O8S/c1-8-31-27-45(31,40(57)49-61(58,59)51-23-14-15-24-51)48-37(54)33-28-44(42(5,6)43(44)20-16-21-43)29-52(33)39(56)35(41(2,3)4)47-38(55)34(30-17-10-9-11-18-30)46-36(53)32-19-12-13-22-50(32)25-26-60-7/h8,30-35H,1,9-29H2,2-7H3,(H,46,53)(H,47,55)(H,48,54)(H,49,57)/t31-,32+,33+,34+,35-,44-,45-/m1/s1. The molecule has 342 valence electrons. The predicted molar refractivity (Wildman–Crippen MR) is 231 cm³/mol. The molecule has 7 rings (SSSR count). The van der Waals surface area contributed by atoms with E-state index in [-0.39, 0.29) is 46.4 Å². The lowest BCUT2D eigenvalue weighted by Crippen LogP contribution is -2.63. The molecule has 7 atom stereocenters. The molecule has 0 bridgehead atoms. The number of nitrogens with zero attached hydrogens (tertiary/aromatic N) is 3. The van der Waals surface area contributed by atoms with Crippen LogP contribution in [-0.2, 0) is 38.9 Å². The van der Waals surface area contributed by atoms with Crippen molar-refractivity contribution in [2.24, 2.45) is 33.5 Å². The highest BCUT2D eigenvalue weighted by atomic mass is 32.2. The highest BCUT2D eigenvalue weighted by molar-refractivity contribution is 7.87. The molecule has 7 fully saturated rings. The molecular weight excluding hydrogens is 799 g/mol. The summed E-state index contributed by atoms with van der Waals surface area (Å²) in [6.07, 6.45) is 13.8. The number of carbonyl (C=O) groups excluding carboxylic acids is 5. The van der Waals surface area contributed by atoms with Crippen molar-refractivity contribution in [1.82, 2.24) is 34.8 Å². The van der Waals surface area contributed by atoms with Gasteiger partial charge in [-0.2, -0.15) is 12.7 Å². The number of fused-ring (bicyclic) bond motifs is 1. The molecule has 0 aromatic rings. The van der Waals surface area contributed by atoms with Gasteiger partial charge in [0, 0.05) is 44.6 Å². The van der Waals surface area contributed by atoms with E-state index in [0.717, 1.165) is 70.8 Å². The Bertz CT molecular complexity index is 1830. The van der Waals surface area contributed by atoms with Gasteiger partial charge in [-0.1, -0.05) is 72.8 Å². The number of nitrogens with one attached hydrogen (secondary N) is 4. The zero-order valence-corrected chi connectivity index (χ0v) is 38.4. The van der Waals surface area contributed by atoms with Crippen LogP contribution in [0.2, 0.25) is 0 Å². The van der Waals surface area contributed by atoms with Gasteiger partial charge in [-0.05, 0) is 92.9 Å². The number of piperidine rings is 1.